The highest BCUT2D eigenvalue weighted by atomic mass is 32.2. The van der Waals surface area contributed by atoms with Crippen molar-refractivity contribution >= 4 is 24.7 Å². The Kier molecular flexibility index (Phi) is 3.86. The number of rotatable bonds is 2. The fourth-order valence-corrected chi connectivity index (χ4v) is 2.43. The third-order valence-corrected chi connectivity index (χ3v) is 2.85. The Morgan fingerprint density at radius 3 is 2.67 bits per heavy atom. The summed E-state index contributed by atoms with van der Waals surface area (Å²) < 4.78 is 4.77. The van der Waals surface area contributed by atoms with Crippen LogP contribution in [-0.4, -0.2) is 18.1 Å². The zero-order valence-electron chi connectivity index (χ0n) is 5.38. The lowest BCUT2D eigenvalue weighted by Crippen LogP contribution is -2.13. The van der Waals surface area contributed by atoms with E-state index in [9.17, 15) is 0 Å². The van der Waals surface area contributed by atoms with Crippen LogP contribution in [0.3, 0.4) is 0 Å². The molecular formula is C6H12OS2. The van der Waals surface area contributed by atoms with Crippen molar-refractivity contribution in [1.82, 2.24) is 0 Å². The van der Waals surface area contributed by atoms with Crippen molar-refractivity contribution in [3.8, 4) is 0 Å². The standard InChI is InChI=1S/C6H12OS2/c8-7-5-6-1-3-9-4-2-6/h6,8H,1-5H2. The molecule has 0 bridgehead atoms. The molecule has 1 rings (SSSR count). The fourth-order valence-electron chi connectivity index (χ4n) is 1.02. The predicted molar refractivity (Wildman–Crippen MR) is 45.0 cm³/mol. The molecule has 1 fully saturated rings. The van der Waals surface area contributed by atoms with Crippen molar-refractivity contribution in [2.45, 2.75) is 12.8 Å². The smallest absolute Gasteiger partial charge is 0.0639 e. The molecule has 1 nitrogen and oxygen atoms in total. The molecule has 3 heteroatoms. The Hall–Kier alpha value is 0.660. The highest BCUT2D eigenvalue weighted by Gasteiger charge is 2.12. The van der Waals surface area contributed by atoms with E-state index in [0.717, 1.165) is 12.5 Å². The van der Waals surface area contributed by atoms with Crippen LogP contribution < -0.4 is 0 Å². The van der Waals surface area contributed by atoms with E-state index in [1.165, 1.54) is 24.3 Å². The number of hydrogen-bond acceptors (Lipinski definition) is 3. The summed E-state index contributed by atoms with van der Waals surface area (Å²) >= 11 is 5.77. The number of hydrogen-bond donors (Lipinski definition) is 1. The summed E-state index contributed by atoms with van der Waals surface area (Å²) in [5.74, 6) is 3.40. The van der Waals surface area contributed by atoms with E-state index >= 15 is 0 Å². The van der Waals surface area contributed by atoms with Crippen LogP contribution >= 0.6 is 24.7 Å². The van der Waals surface area contributed by atoms with Gasteiger partial charge in [-0.2, -0.15) is 11.8 Å². The second-order valence-corrected chi connectivity index (χ2v) is 3.83. The first-order valence-corrected chi connectivity index (χ1v) is 4.79. The Balaban J connectivity index is 2.08. The molecule has 0 aliphatic carbocycles. The molecule has 1 heterocycles. The molecule has 0 amide bonds. The average molecular weight is 164 g/mol. The van der Waals surface area contributed by atoms with Gasteiger partial charge >= 0.3 is 0 Å². The van der Waals surface area contributed by atoms with Crippen LogP contribution in [0, 0.1) is 5.92 Å². The molecule has 0 N–H and O–H groups in total. The minimum Gasteiger partial charge on any atom is -0.318 e. The van der Waals surface area contributed by atoms with Crippen LogP contribution in [0.15, 0.2) is 0 Å². The van der Waals surface area contributed by atoms with E-state index in [2.05, 4.69) is 12.9 Å². The second-order valence-electron chi connectivity index (χ2n) is 2.35. The van der Waals surface area contributed by atoms with Gasteiger partial charge in [0.15, 0.2) is 0 Å². The van der Waals surface area contributed by atoms with Gasteiger partial charge < -0.3 is 4.18 Å². The summed E-state index contributed by atoms with van der Waals surface area (Å²) in [5, 5.41) is 0. The van der Waals surface area contributed by atoms with Crippen LogP contribution in [0.1, 0.15) is 12.8 Å². The maximum Gasteiger partial charge on any atom is 0.0639 e. The molecule has 1 saturated heterocycles. The fraction of sp³-hybridized carbons (Fsp3) is 1.00. The molecule has 1 aliphatic heterocycles. The van der Waals surface area contributed by atoms with Crippen LogP contribution in [0.5, 0.6) is 0 Å². The van der Waals surface area contributed by atoms with Gasteiger partial charge in [0.25, 0.3) is 0 Å². The summed E-state index contributed by atoms with van der Waals surface area (Å²) in [7, 11) is 0. The topological polar surface area (TPSA) is 9.23 Å². The highest BCUT2D eigenvalue weighted by Crippen LogP contribution is 2.22. The lowest BCUT2D eigenvalue weighted by Gasteiger charge is -2.19. The van der Waals surface area contributed by atoms with Crippen molar-refractivity contribution in [2.75, 3.05) is 18.1 Å². The molecular weight excluding hydrogens is 152 g/mol. The maximum atomic E-state index is 4.77. The van der Waals surface area contributed by atoms with Crippen molar-refractivity contribution in [1.29, 1.82) is 0 Å². The van der Waals surface area contributed by atoms with E-state index in [-0.39, 0.29) is 0 Å². The summed E-state index contributed by atoms with van der Waals surface area (Å²) in [6.45, 7) is 0.837. The van der Waals surface area contributed by atoms with Crippen LogP contribution in [0.2, 0.25) is 0 Å². The van der Waals surface area contributed by atoms with Crippen molar-refractivity contribution in [3.63, 3.8) is 0 Å². The summed E-state index contributed by atoms with van der Waals surface area (Å²) in [5.41, 5.74) is 0. The first kappa shape index (κ1) is 7.76. The number of thiol groups is 1. The van der Waals surface area contributed by atoms with E-state index in [1.807, 2.05) is 11.8 Å². The largest absolute Gasteiger partial charge is 0.318 e. The molecule has 0 aromatic carbocycles. The van der Waals surface area contributed by atoms with Gasteiger partial charge in [0.2, 0.25) is 0 Å². The third kappa shape index (κ3) is 2.83. The lowest BCUT2D eigenvalue weighted by atomic mass is 10.1. The van der Waals surface area contributed by atoms with Crippen LogP contribution in [0.25, 0.3) is 0 Å². The van der Waals surface area contributed by atoms with Crippen LogP contribution in [0.4, 0.5) is 0 Å². The van der Waals surface area contributed by atoms with Gasteiger partial charge in [-0.15, -0.1) is 0 Å². The molecule has 0 aromatic rings. The Morgan fingerprint density at radius 2 is 2.11 bits per heavy atom. The van der Waals surface area contributed by atoms with E-state index in [0.29, 0.717) is 0 Å². The average Bonchev–Trinajstić information content (AvgIpc) is 1.91. The minimum atomic E-state index is 0.781. The second kappa shape index (κ2) is 4.47. The van der Waals surface area contributed by atoms with E-state index in [1.54, 1.807) is 0 Å². The first-order chi connectivity index (χ1) is 4.43. The van der Waals surface area contributed by atoms with Gasteiger partial charge in [0.1, 0.15) is 0 Å². The minimum absolute atomic E-state index is 0.781. The van der Waals surface area contributed by atoms with Gasteiger partial charge in [-0.25, -0.2) is 0 Å². The van der Waals surface area contributed by atoms with Gasteiger partial charge in [-0.3, -0.25) is 0 Å². The molecule has 0 unspecified atom stereocenters. The van der Waals surface area contributed by atoms with Crippen molar-refractivity contribution in [3.05, 3.63) is 0 Å². The quantitative estimate of drug-likeness (QED) is 0.494. The number of thioether (sulfide) groups is 1. The molecule has 1 aliphatic rings. The lowest BCUT2D eigenvalue weighted by molar-refractivity contribution is 0.280. The third-order valence-electron chi connectivity index (χ3n) is 1.65. The summed E-state index contributed by atoms with van der Waals surface area (Å²) in [4.78, 5) is 0. The van der Waals surface area contributed by atoms with Crippen LogP contribution in [-0.2, 0) is 4.18 Å². The summed E-state index contributed by atoms with van der Waals surface area (Å²) in [6, 6.07) is 0. The van der Waals surface area contributed by atoms with E-state index < -0.39 is 0 Å². The molecule has 54 valence electrons. The molecule has 0 atom stereocenters. The normalized spacial score (nSPS) is 22.3. The molecule has 0 aromatic heterocycles. The molecule has 0 spiro atoms. The molecule has 9 heavy (non-hydrogen) atoms. The first-order valence-electron chi connectivity index (χ1n) is 3.27. The Morgan fingerprint density at radius 1 is 1.44 bits per heavy atom. The van der Waals surface area contributed by atoms with Gasteiger partial charge in [0, 0.05) is 0 Å². The highest BCUT2D eigenvalue weighted by molar-refractivity contribution is 7.99. The van der Waals surface area contributed by atoms with E-state index in [4.69, 9.17) is 4.18 Å². The monoisotopic (exact) mass is 164 g/mol. The molecule has 0 radical (unpaired) electrons. The van der Waals surface area contributed by atoms with Crippen molar-refractivity contribution < 1.29 is 4.18 Å². The predicted octanol–water partition coefficient (Wildman–Crippen LogP) is 1.99. The van der Waals surface area contributed by atoms with Gasteiger partial charge in [-0.05, 0) is 43.2 Å². The Bertz CT molecular complexity index is 68.7. The van der Waals surface area contributed by atoms with Gasteiger partial charge in [0.05, 0.1) is 6.61 Å². The maximum absolute atomic E-state index is 4.77. The zero-order valence-corrected chi connectivity index (χ0v) is 7.09. The SMILES string of the molecule is SOCC1CCSCC1. The molecule has 0 saturated carbocycles. The zero-order chi connectivity index (χ0) is 6.53. The van der Waals surface area contributed by atoms with Crippen molar-refractivity contribution in [2.24, 2.45) is 5.92 Å². The van der Waals surface area contributed by atoms with Gasteiger partial charge in [-0.1, -0.05) is 0 Å². The summed E-state index contributed by atoms with van der Waals surface area (Å²) in [6.07, 6.45) is 2.62. The Labute approximate surface area is 66.2 Å².